The van der Waals surface area contributed by atoms with Crippen LogP contribution >= 0.6 is 0 Å². The van der Waals surface area contributed by atoms with Crippen LogP contribution in [0, 0.1) is 6.92 Å². The lowest BCUT2D eigenvalue weighted by molar-refractivity contribution is 0.0209. The van der Waals surface area contributed by atoms with Crippen molar-refractivity contribution in [3.63, 3.8) is 0 Å². The van der Waals surface area contributed by atoms with E-state index in [1.54, 1.807) is 6.07 Å². The molecule has 10 nitrogen and oxygen atoms in total. The van der Waals surface area contributed by atoms with E-state index in [0.717, 1.165) is 24.4 Å². The zero-order valence-corrected chi connectivity index (χ0v) is 15.7. The quantitative estimate of drug-likeness (QED) is 0.588. The lowest BCUT2D eigenvalue weighted by Crippen LogP contribution is -2.42. The highest BCUT2D eigenvalue weighted by atomic mass is 16.5. The number of carbonyl (C=O) groups excluding carboxylic acids is 1. The second-order valence-corrected chi connectivity index (χ2v) is 7.12. The molecule has 2 aromatic rings. The maximum Gasteiger partial charge on any atom is 0.270 e. The number of aromatic nitrogens is 3. The Morgan fingerprint density at radius 3 is 3.07 bits per heavy atom. The lowest BCUT2D eigenvalue weighted by atomic mass is 10.1. The summed E-state index contributed by atoms with van der Waals surface area (Å²) in [5, 5.41) is 16.2. The minimum Gasteiger partial charge on any atom is -0.446 e. The summed E-state index contributed by atoms with van der Waals surface area (Å²) < 4.78 is 10.7. The molecule has 0 saturated carbocycles. The Bertz CT molecular complexity index is 837. The Labute approximate surface area is 162 Å². The maximum absolute atomic E-state index is 12.3. The first-order chi connectivity index (χ1) is 13.6. The van der Waals surface area contributed by atoms with Gasteiger partial charge in [-0.1, -0.05) is 0 Å². The van der Waals surface area contributed by atoms with Crippen molar-refractivity contribution in [1.82, 2.24) is 25.2 Å². The van der Waals surface area contributed by atoms with Crippen molar-refractivity contribution in [2.45, 2.75) is 32.0 Å². The second kappa shape index (κ2) is 8.21. The standard InChI is InChI=1S/C18H24N6O4/c1-11-22-15-7-24(3-2-16(15)28-11)6-13(25)5-19-18(26)14-4-17(21-10-20-14)23-12-8-27-9-12/h4,10,12-13,25H,2-3,5-9H2,1H3,(H,19,26)(H,20,21,23). The van der Waals surface area contributed by atoms with Gasteiger partial charge in [-0.05, 0) is 0 Å². The van der Waals surface area contributed by atoms with Crippen molar-refractivity contribution < 1.29 is 19.1 Å². The molecule has 1 atom stereocenters. The molecule has 4 heterocycles. The molecule has 3 N–H and O–H groups in total. The molecule has 2 aromatic heterocycles. The highest BCUT2D eigenvalue weighted by molar-refractivity contribution is 5.92. The lowest BCUT2D eigenvalue weighted by Gasteiger charge is -2.27. The highest BCUT2D eigenvalue weighted by Gasteiger charge is 2.23. The Hall–Kier alpha value is -2.56. The fourth-order valence-electron chi connectivity index (χ4n) is 3.29. The van der Waals surface area contributed by atoms with Crippen LogP contribution in [0.5, 0.6) is 0 Å². The predicted molar refractivity (Wildman–Crippen MR) is 98.8 cm³/mol. The van der Waals surface area contributed by atoms with E-state index in [4.69, 9.17) is 9.15 Å². The van der Waals surface area contributed by atoms with Crippen LogP contribution in [-0.4, -0.2) is 75.9 Å². The number of oxazole rings is 1. The van der Waals surface area contributed by atoms with Gasteiger partial charge in [-0.25, -0.2) is 15.0 Å². The number of hydrogen-bond acceptors (Lipinski definition) is 9. The number of rotatable bonds is 7. The molecule has 0 spiro atoms. The molecule has 1 fully saturated rings. The molecule has 10 heteroatoms. The van der Waals surface area contributed by atoms with Gasteiger partial charge in [-0.15, -0.1) is 0 Å². The van der Waals surface area contributed by atoms with E-state index in [1.165, 1.54) is 6.33 Å². The Kier molecular flexibility index (Phi) is 5.51. The Morgan fingerprint density at radius 1 is 1.43 bits per heavy atom. The molecule has 0 radical (unpaired) electrons. The van der Waals surface area contributed by atoms with E-state index < -0.39 is 6.10 Å². The second-order valence-electron chi connectivity index (χ2n) is 7.12. The Morgan fingerprint density at radius 2 is 2.29 bits per heavy atom. The topological polar surface area (TPSA) is 126 Å². The summed E-state index contributed by atoms with van der Waals surface area (Å²) in [5.74, 6) is 1.84. The summed E-state index contributed by atoms with van der Waals surface area (Å²) in [5.41, 5.74) is 1.18. The first-order valence-corrected chi connectivity index (χ1v) is 9.37. The highest BCUT2D eigenvalue weighted by Crippen LogP contribution is 2.19. The molecule has 2 aliphatic heterocycles. The number of amides is 1. The van der Waals surface area contributed by atoms with Crippen molar-refractivity contribution in [3.8, 4) is 0 Å². The third-order valence-corrected chi connectivity index (χ3v) is 4.77. The summed E-state index contributed by atoms with van der Waals surface area (Å²) in [6, 6.07) is 1.81. The average molecular weight is 388 g/mol. The number of fused-ring (bicyclic) bond motifs is 1. The number of ether oxygens (including phenoxy) is 1. The Balaban J connectivity index is 1.25. The van der Waals surface area contributed by atoms with Gasteiger partial charge < -0.3 is 24.9 Å². The van der Waals surface area contributed by atoms with Crippen LogP contribution < -0.4 is 10.6 Å². The van der Waals surface area contributed by atoms with Gasteiger partial charge in [0.15, 0.2) is 5.89 Å². The van der Waals surface area contributed by atoms with E-state index in [0.29, 0.717) is 38.0 Å². The smallest absolute Gasteiger partial charge is 0.270 e. The minimum atomic E-state index is -0.690. The van der Waals surface area contributed by atoms with Crippen LogP contribution in [0.4, 0.5) is 5.82 Å². The number of β-amino-alcohol motifs (C(OH)–C–C–N with tert-alkyl or cyclic N) is 1. The summed E-state index contributed by atoms with van der Waals surface area (Å²) in [6.07, 6.45) is 1.43. The SMILES string of the molecule is Cc1nc2c(o1)CCN(CC(O)CNC(=O)c1cc(NC3COC3)ncn1)C2. The van der Waals surface area contributed by atoms with Gasteiger partial charge in [0, 0.05) is 45.6 Å². The van der Waals surface area contributed by atoms with E-state index in [2.05, 4.69) is 30.5 Å². The van der Waals surface area contributed by atoms with Crippen LogP contribution in [0.3, 0.4) is 0 Å². The summed E-state index contributed by atoms with van der Waals surface area (Å²) in [4.78, 5) is 26.9. The third-order valence-electron chi connectivity index (χ3n) is 4.77. The van der Waals surface area contributed by atoms with Crippen LogP contribution in [0.2, 0.25) is 0 Å². The number of aliphatic hydroxyl groups is 1. The molecule has 0 aromatic carbocycles. The molecule has 150 valence electrons. The molecule has 28 heavy (non-hydrogen) atoms. The maximum atomic E-state index is 12.3. The number of hydrogen-bond donors (Lipinski definition) is 3. The van der Waals surface area contributed by atoms with Crippen molar-refractivity contribution in [1.29, 1.82) is 0 Å². The normalized spacial score (nSPS) is 18.2. The van der Waals surface area contributed by atoms with Crippen LogP contribution in [0.1, 0.15) is 27.8 Å². The zero-order chi connectivity index (χ0) is 19.5. The van der Waals surface area contributed by atoms with Gasteiger partial charge in [0.1, 0.15) is 23.6 Å². The molecular weight excluding hydrogens is 364 g/mol. The van der Waals surface area contributed by atoms with Gasteiger partial charge in [0.05, 0.1) is 31.1 Å². The molecule has 0 aliphatic carbocycles. The van der Waals surface area contributed by atoms with Crippen molar-refractivity contribution in [2.75, 3.05) is 38.2 Å². The van der Waals surface area contributed by atoms with Crippen LogP contribution in [0.15, 0.2) is 16.8 Å². The summed E-state index contributed by atoms with van der Waals surface area (Å²) in [7, 11) is 0. The number of aliphatic hydroxyl groups excluding tert-OH is 1. The summed E-state index contributed by atoms with van der Waals surface area (Å²) in [6.45, 7) is 5.11. The average Bonchev–Trinajstić information content (AvgIpc) is 3.02. The largest absolute Gasteiger partial charge is 0.446 e. The summed E-state index contributed by atoms with van der Waals surface area (Å²) >= 11 is 0. The van der Waals surface area contributed by atoms with Crippen molar-refractivity contribution in [2.24, 2.45) is 0 Å². The molecular formula is C18H24N6O4. The zero-order valence-electron chi connectivity index (χ0n) is 15.7. The first-order valence-electron chi connectivity index (χ1n) is 9.37. The molecule has 2 aliphatic rings. The van der Waals surface area contributed by atoms with E-state index in [1.807, 2.05) is 6.92 Å². The van der Waals surface area contributed by atoms with Gasteiger partial charge in [0.2, 0.25) is 0 Å². The fourth-order valence-corrected chi connectivity index (χ4v) is 3.29. The molecule has 4 rings (SSSR count). The molecule has 0 bridgehead atoms. The fraction of sp³-hybridized carbons (Fsp3) is 0.556. The van der Waals surface area contributed by atoms with Gasteiger partial charge in [0.25, 0.3) is 5.91 Å². The van der Waals surface area contributed by atoms with E-state index >= 15 is 0 Å². The number of nitrogens with one attached hydrogen (secondary N) is 2. The van der Waals surface area contributed by atoms with E-state index in [-0.39, 0.29) is 24.2 Å². The number of carbonyl (C=O) groups is 1. The van der Waals surface area contributed by atoms with Crippen molar-refractivity contribution in [3.05, 3.63) is 35.4 Å². The van der Waals surface area contributed by atoms with Gasteiger partial charge in [-0.3, -0.25) is 9.69 Å². The van der Waals surface area contributed by atoms with Crippen molar-refractivity contribution >= 4 is 11.7 Å². The monoisotopic (exact) mass is 388 g/mol. The van der Waals surface area contributed by atoms with Crippen LogP contribution in [0.25, 0.3) is 0 Å². The third kappa shape index (κ3) is 4.46. The molecule has 1 amide bonds. The van der Waals surface area contributed by atoms with E-state index in [9.17, 15) is 9.90 Å². The minimum absolute atomic E-state index is 0.142. The number of aryl methyl sites for hydroxylation is 1. The number of anilines is 1. The predicted octanol–water partition coefficient (Wildman–Crippen LogP) is -0.267. The molecule has 1 saturated heterocycles. The van der Waals surface area contributed by atoms with Crippen LogP contribution in [-0.2, 0) is 17.7 Å². The number of nitrogens with zero attached hydrogens (tertiary/aromatic N) is 4. The van der Waals surface area contributed by atoms with Gasteiger partial charge in [-0.2, -0.15) is 0 Å². The first kappa shape index (κ1) is 18.8. The molecule has 1 unspecified atom stereocenters. The van der Waals surface area contributed by atoms with Gasteiger partial charge >= 0.3 is 0 Å².